The minimum atomic E-state index is -3.80. The monoisotopic (exact) mass is 470 g/mol. The van der Waals surface area contributed by atoms with E-state index in [0.717, 1.165) is 24.1 Å². The summed E-state index contributed by atoms with van der Waals surface area (Å²) >= 11 is 7.66. The molecular weight excluding hydrogens is 448 g/mol. The highest BCUT2D eigenvalue weighted by atomic mass is 35.5. The highest BCUT2D eigenvalue weighted by molar-refractivity contribution is 7.89. The van der Waals surface area contributed by atoms with Crippen LogP contribution in [0.4, 0.5) is 0 Å². The Morgan fingerprint density at radius 3 is 2.60 bits per heavy atom. The lowest BCUT2D eigenvalue weighted by Gasteiger charge is -2.26. The van der Waals surface area contributed by atoms with Crippen molar-refractivity contribution in [3.8, 4) is 0 Å². The summed E-state index contributed by atoms with van der Waals surface area (Å²) < 4.78 is 32.3. The molecule has 162 valence electrons. The standard InChI is InChI=1S/C20H23ClN2O5S2/c1-22(13-16-6-5-11-29-16)19(24)14-28-20(25)15-7-8-17(21)18(12-15)30(26,27)23-9-3-2-4-10-23/h5-8,11-12H,2-4,9-10,13-14H2,1H3. The van der Waals surface area contributed by atoms with Crippen LogP contribution in [0.2, 0.25) is 5.02 Å². The first-order valence-corrected chi connectivity index (χ1v) is 12.2. The molecule has 0 N–H and O–H groups in total. The third kappa shape index (κ3) is 5.40. The second kappa shape index (κ2) is 9.91. The van der Waals surface area contributed by atoms with Crippen molar-refractivity contribution in [2.75, 3.05) is 26.7 Å². The largest absolute Gasteiger partial charge is 0.452 e. The van der Waals surface area contributed by atoms with E-state index in [1.807, 2.05) is 17.5 Å². The van der Waals surface area contributed by atoms with E-state index in [1.54, 1.807) is 7.05 Å². The molecule has 1 aromatic heterocycles. The van der Waals surface area contributed by atoms with Crippen LogP contribution in [-0.4, -0.2) is 56.2 Å². The highest BCUT2D eigenvalue weighted by Gasteiger charge is 2.29. The fraction of sp³-hybridized carbons (Fsp3) is 0.400. The van der Waals surface area contributed by atoms with Crippen molar-refractivity contribution in [1.29, 1.82) is 0 Å². The molecule has 30 heavy (non-hydrogen) atoms. The SMILES string of the molecule is CN(Cc1cccs1)C(=O)COC(=O)c1ccc(Cl)c(S(=O)(=O)N2CCCCC2)c1. The number of rotatable bonds is 7. The molecule has 0 spiro atoms. The van der Waals surface area contributed by atoms with Gasteiger partial charge in [0.1, 0.15) is 4.90 Å². The first-order chi connectivity index (χ1) is 14.3. The Bertz CT molecular complexity index is 1000. The number of amides is 1. The summed E-state index contributed by atoms with van der Waals surface area (Å²) in [5, 5.41) is 1.97. The van der Waals surface area contributed by atoms with Gasteiger partial charge in [-0.3, -0.25) is 4.79 Å². The Morgan fingerprint density at radius 1 is 1.20 bits per heavy atom. The van der Waals surface area contributed by atoms with Gasteiger partial charge in [-0.25, -0.2) is 13.2 Å². The second-order valence-corrected chi connectivity index (χ2v) is 10.4. The summed E-state index contributed by atoms with van der Waals surface area (Å²) in [6, 6.07) is 7.78. The van der Waals surface area contributed by atoms with E-state index in [0.29, 0.717) is 19.6 Å². The van der Waals surface area contributed by atoms with Crippen molar-refractivity contribution in [3.05, 3.63) is 51.2 Å². The maximum Gasteiger partial charge on any atom is 0.338 e. The molecule has 0 radical (unpaired) electrons. The van der Waals surface area contributed by atoms with Gasteiger partial charge in [0.2, 0.25) is 10.0 Å². The number of carbonyl (C=O) groups excluding carboxylic acids is 2. The van der Waals surface area contributed by atoms with Gasteiger partial charge in [-0.1, -0.05) is 24.1 Å². The molecule has 0 unspecified atom stereocenters. The zero-order valence-corrected chi connectivity index (χ0v) is 18.9. The maximum atomic E-state index is 12.9. The first kappa shape index (κ1) is 22.7. The summed E-state index contributed by atoms with van der Waals surface area (Å²) in [5.74, 6) is -1.13. The summed E-state index contributed by atoms with van der Waals surface area (Å²) in [7, 11) is -2.18. The van der Waals surface area contributed by atoms with E-state index < -0.39 is 22.6 Å². The fourth-order valence-electron chi connectivity index (χ4n) is 3.12. The number of ether oxygens (including phenoxy) is 1. The van der Waals surface area contributed by atoms with Crippen LogP contribution in [0.5, 0.6) is 0 Å². The Balaban J connectivity index is 1.66. The number of likely N-dealkylation sites (N-methyl/N-ethyl adjacent to an activating group) is 1. The van der Waals surface area contributed by atoms with Gasteiger partial charge in [0.15, 0.2) is 6.61 Å². The normalized spacial score (nSPS) is 15.0. The van der Waals surface area contributed by atoms with Crippen LogP contribution in [-0.2, 0) is 26.1 Å². The van der Waals surface area contributed by atoms with Gasteiger partial charge in [0, 0.05) is 25.0 Å². The Labute approximate surface area is 185 Å². The van der Waals surface area contributed by atoms with Crippen LogP contribution in [0, 0.1) is 0 Å². The second-order valence-electron chi connectivity index (χ2n) is 7.02. The minimum Gasteiger partial charge on any atom is -0.452 e. The lowest BCUT2D eigenvalue weighted by Crippen LogP contribution is -2.35. The Kier molecular flexibility index (Phi) is 7.51. The third-order valence-electron chi connectivity index (χ3n) is 4.83. The van der Waals surface area contributed by atoms with Gasteiger partial charge in [0.25, 0.3) is 5.91 Å². The van der Waals surface area contributed by atoms with Gasteiger partial charge in [-0.2, -0.15) is 4.31 Å². The average Bonchev–Trinajstić information content (AvgIpc) is 3.25. The van der Waals surface area contributed by atoms with E-state index in [9.17, 15) is 18.0 Å². The molecule has 0 bridgehead atoms. The Morgan fingerprint density at radius 2 is 1.93 bits per heavy atom. The van der Waals surface area contributed by atoms with E-state index in [4.69, 9.17) is 16.3 Å². The van der Waals surface area contributed by atoms with Crippen molar-refractivity contribution < 1.29 is 22.7 Å². The van der Waals surface area contributed by atoms with Gasteiger partial charge < -0.3 is 9.64 Å². The molecule has 2 heterocycles. The van der Waals surface area contributed by atoms with Crippen LogP contribution in [0.3, 0.4) is 0 Å². The van der Waals surface area contributed by atoms with Crippen molar-refractivity contribution in [2.45, 2.75) is 30.7 Å². The van der Waals surface area contributed by atoms with Crippen molar-refractivity contribution in [1.82, 2.24) is 9.21 Å². The molecule has 1 fully saturated rings. The van der Waals surface area contributed by atoms with Crippen LogP contribution in [0.1, 0.15) is 34.5 Å². The predicted molar refractivity (Wildman–Crippen MR) is 115 cm³/mol. The zero-order chi connectivity index (χ0) is 21.7. The molecule has 2 aromatic rings. The quantitative estimate of drug-likeness (QED) is 0.579. The van der Waals surface area contributed by atoms with Crippen LogP contribution >= 0.6 is 22.9 Å². The summed E-state index contributed by atoms with van der Waals surface area (Å²) in [6.07, 6.45) is 2.57. The number of esters is 1. The summed E-state index contributed by atoms with van der Waals surface area (Å²) in [6.45, 7) is 0.849. The minimum absolute atomic E-state index is 0.0312. The molecular formula is C20H23ClN2O5S2. The molecule has 1 aliphatic rings. The van der Waals surface area contributed by atoms with Crippen LogP contribution in [0.15, 0.2) is 40.6 Å². The first-order valence-electron chi connectivity index (χ1n) is 9.52. The van der Waals surface area contributed by atoms with Crippen molar-refractivity contribution in [3.63, 3.8) is 0 Å². The fourth-order valence-corrected chi connectivity index (χ4v) is 5.89. The molecule has 1 amide bonds. The molecule has 0 atom stereocenters. The van der Waals surface area contributed by atoms with Gasteiger partial charge in [-0.05, 0) is 42.5 Å². The molecule has 3 rings (SSSR count). The highest BCUT2D eigenvalue weighted by Crippen LogP contribution is 2.28. The molecule has 10 heteroatoms. The number of benzene rings is 1. The smallest absolute Gasteiger partial charge is 0.338 e. The van der Waals surface area contributed by atoms with E-state index in [-0.39, 0.29) is 21.4 Å². The maximum absolute atomic E-state index is 12.9. The third-order valence-corrected chi connectivity index (χ3v) is 8.07. The Hall–Kier alpha value is -1.94. The number of thiophene rings is 1. The van der Waals surface area contributed by atoms with Crippen LogP contribution in [0.25, 0.3) is 0 Å². The van der Waals surface area contributed by atoms with Gasteiger partial charge in [0.05, 0.1) is 17.1 Å². The molecule has 0 aliphatic carbocycles. The lowest BCUT2D eigenvalue weighted by atomic mass is 10.2. The van der Waals surface area contributed by atoms with Crippen molar-refractivity contribution >= 4 is 44.8 Å². The number of nitrogens with zero attached hydrogens (tertiary/aromatic N) is 2. The van der Waals surface area contributed by atoms with Gasteiger partial charge >= 0.3 is 5.97 Å². The van der Waals surface area contributed by atoms with Crippen molar-refractivity contribution in [2.24, 2.45) is 0 Å². The predicted octanol–water partition coefficient (Wildman–Crippen LogP) is 3.39. The number of sulfonamides is 1. The molecule has 1 aromatic carbocycles. The number of piperidine rings is 1. The number of hydrogen-bond acceptors (Lipinski definition) is 6. The van der Waals surface area contributed by atoms with E-state index in [1.165, 1.54) is 38.7 Å². The molecule has 0 saturated carbocycles. The number of halogens is 1. The molecule has 7 nitrogen and oxygen atoms in total. The van der Waals surface area contributed by atoms with Crippen LogP contribution < -0.4 is 0 Å². The molecule has 1 saturated heterocycles. The lowest BCUT2D eigenvalue weighted by molar-refractivity contribution is -0.133. The van der Waals surface area contributed by atoms with E-state index >= 15 is 0 Å². The van der Waals surface area contributed by atoms with E-state index in [2.05, 4.69) is 0 Å². The summed E-state index contributed by atoms with van der Waals surface area (Å²) in [5.41, 5.74) is 0.0312. The van der Waals surface area contributed by atoms with Gasteiger partial charge in [-0.15, -0.1) is 11.3 Å². The topological polar surface area (TPSA) is 84.0 Å². The average molecular weight is 471 g/mol. The zero-order valence-electron chi connectivity index (χ0n) is 16.5. The summed E-state index contributed by atoms with van der Waals surface area (Å²) in [4.78, 5) is 27.0. The number of carbonyl (C=O) groups is 2. The molecule has 1 aliphatic heterocycles. The number of hydrogen-bond donors (Lipinski definition) is 0.